The molecule has 1 aliphatic heterocycles. The third-order valence-electron chi connectivity index (χ3n) is 1.50. The van der Waals surface area contributed by atoms with Gasteiger partial charge in [0.15, 0.2) is 11.6 Å². The maximum absolute atomic E-state index is 11.3. The summed E-state index contributed by atoms with van der Waals surface area (Å²) >= 11 is 0. The standard InChI is InChI=1S/C9H11N3O3/c1-2-15-9(14)6-5-8(13)12-7(11-6)3-4-10/h3-5,10,12-13H,2H2,1H3/b7-3-,10-4?. The number of ether oxygens (including phenoxy) is 1. The van der Waals surface area contributed by atoms with Crippen molar-refractivity contribution in [3.05, 3.63) is 23.9 Å². The van der Waals surface area contributed by atoms with Crippen LogP contribution >= 0.6 is 0 Å². The first-order valence-corrected chi connectivity index (χ1v) is 4.31. The van der Waals surface area contributed by atoms with Crippen LogP contribution in [0.25, 0.3) is 0 Å². The summed E-state index contributed by atoms with van der Waals surface area (Å²) in [6, 6.07) is 0. The minimum Gasteiger partial charge on any atom is -0.494 e. The average Bonchev–Trinajstić information content (AvgIpc) is 2.17. The van der Waals surface area contributed by atoms with Gasteiger partial charge in [-0.3, -0.25) is 0 Å². The first kappa shape index (κ1) is 11.0. The van der Waals surface area contributed by atoms with E-state index in [-0.39, 0.29) is 24.0 Å². The number of aliphatic hydroxyl groups excluding tert-OH is 1. The number of hydrogen-bond acceptors (Lipinski definition) is 6. The predicted octanol–water partition coefficient (Wildman–Crippen LogP) is 0.484. The van der Waals surface area contributed by atoms with Gasteiger partial charge in [0, 0.05) is 12.3 Å². The Bertz CT molecular complexity index is 369. The van der Waals surface area contributed by atoms with E-state index in [4.69, 9.17) is 10.1 Å². The van der Waals surface area contributed by atoms with Gasteiger partial charge in [0.2, 0.25) is 0 Å². The molecule has 15 heavy (non-hydrogen) atoms. The second kappa shape index (κ2) is 4.94. The second-order valence-corrected chi connectivity index (χ2v) is 2.59. The van der Waals surface area contributed by atoms with Crippen molar-refractivity contribution >= 4 is 17.9 Å². The van der Waals surface area contributed by atoms with Crippen molar-refractivity contribution in [1.29, 1.82) is 5.41 Å². The summed E-state index contributed by atoms with van der Waals surface area (Å²) in [5, 5.41) is 18.5. The molecule has 0 aliphatic carbocycles. The first-order valence-electron chi connectivity index (χ1n) is 4.31. The minimum atomic E-state index is -0.610. The van der Waals surface area contributed by atoms with Gasteiger partial charge in [0.1, 0.15) is 5.82 Å². The largest absolute Gasteiger partial charge is 0.494 e. The van der Waals surface area contributed by atoms with E-state index >= 15 is 0 Å². The van der Waals surface area contributed by atoms with Crippen molar-refractivity contribution in [2.75, 3.05) is 6.61 Å². The van der Waals surface area contributed by atoms with Crippen LogP contribution in [0.15, 0.2) is 28.8 Å². The van der Waals surface area contributed by atoms with E-state index in [0.29, 0.717) is 0 Å². The van der Waals surface area contributed by atoms with Gasteiger partial charge in [-0.25, -0.2) is 9.79 Å². The lowest BCUT2D eigenvalue weighted by Gasteiger charge is -2.12. The molecule has 1 rings (SSSR count). The van der Waals surface area contributed by atoms with E-state index in [1.807, 2.05) is 0 Å². The molecular weight excluding hydrogens is 198 g/mol. The zero-order valence-electron chi connectivity index (χ0n) is 8.15. The minimum absolute atomic E-state index is 0.00111. The third kappa shape index (κ3) is 2.94. The fourth-order valence-corrected chi connectivity index (χ4v) is 0.954. The van der Waals surface area contributed by atoms with Crippen LogP contribution < -0.4 is 5.32 Å². The number of rotatable bonds is 3. The van der Waals surface area contributed by atoms with E-state index in [1.54, 1.807) is 6.92 Å². The van der Waals surface area contributed by atoms with Crippen LogP contribution in [0.5, 0.6) is 0 Å². The molecule has 1 aliphatic rings. The summed E-state index contributed by atoms with van der Waals surface area (Å²) in [6.07, 6.45) is 3.47. The zero-order valence-corrected chi connectivity index (χ0v) is 8.15. The normalized spacial score (nSPS) is 17.5. The Morgan fingerprint density at radius 2 is 2.53 bits per heavy atom. The van der Waals surface area contributed by atoms with E-state index in [9.17, 15) is 9.90 Å². The van der Waals surface area contributed by atoms with Crippen LogP contribution in [-0.2, 0) is 9.53 Å². The van der Waals surface area contributed by atoms with E-state index in [0.717, 1.165) is 6.21 Å². The summed E-state index contributed by atoms with van der Waals surface area (Å²) in [4.78, 5) is 15.1. The quantitative estimate of drug-likeness (QED) is 0.465. The molecule has 3 N–H and O–H groups in total. The highest BCUT2D eigenvalue weighted by atomic mass is 16.5. The molecule has 0 fully saturated rings. The van der Waals surface area contributed by atoms with Gasteiger partial charge in [-0.05, 0) is 13.0 Å². The number of carbonyl (C=O) groups excluding carboxylic acids is 1. The molecule has 0 aromatic carbocycles. The van der Waals surface area contributed by atoms with Crippen molar-refractivity contribution in [3.8, 4) is 0 Å². The Balaban J connectivity index is 2.91. The summed E-state index contributed by atoms with van der Waals surface area (Å²) < 4.78 is 4.72. The molecule has 0 atom stereocenters. The van der Waals surface area contributed by atoms with Crippen molar-refractivity contribution in [3.63, 3.8) is 0 Å². The summed E-state index contributed by atoms with van der Waals surface area (Å²) in [7, 11) is 0. The maximum Gasteiger partial charge on any atom is 0.357 e. The zero-order chi connectivity index (χ0) is 11.3. The lowest BCUT2D eigenvalue weighted by molar-refractivity contribution is -0.134. The molecule has 0 aromatic heterocycles. The summed E-state index contributed by atoms with van der Waals surface area (Å²) in [6.45, 7) is 1.92. The van der Waals surface area contributed by atoms with Crippen LogP contribution in [0.1, 0.15) is 6.92 Å². The number of nitrogens with one attached hydrogen (secondary N) is 2. The monoisotopic (exact) mass is 209 g/mol. The molecule has 0 bridgehead atoms. The Labute approximate surface area is 86.5 Å². The molecule has 0 saturated carbocycles. The van der Waals surface area contributed by atoms with E-state index < -0.39 is 5.97 Å². The molecule has 0 spiro atoms. The molecule has 0 saturated heterocycles. The Hall–Kier alpha value is -2.11. The van der Waals surface area contributed by atoms with Gasteiger partial charge in [-0.1, -0.05) is 0 Å². The number of allylic oxidation sites excluding steroid dienone is 1. The molecule has 0 aromatic rings. The fourth-order valence-electron chi connectivity index (χ4n) is 0.954. The Kier molecular flexibility index (Phi) is 3.61. The topological polar surface area (TPSA) is 94.8 Å². The van der Waals surface area contributed by atoms with Gasteiger partial charge in [0.05, 0.1) is 6.61 Å². The maximum atomic E-state index is 11.3. The lowest BCUT2D eigenvalue weighted by atomic mass is 10.3. The number of nitrogens with zero attached hydrogens (tertiary/aromatic N) is 1. The first-order chi connectivity index (χ1) is 7.17. The van der Waals surface area contributed by atoms with Gasteiger partial charge >= 0.3 is 5.97 Å². The molecule has 6 nitrogen and oxygen atoms in total. The van der Waals surface area contributed by atoms with Gasteiger partial charge in [-0.15, -0.1) is 0 Å². The SMILES string of the molecule is CCOC(=O)C1=N/C(=C/C=N)NC(O)=C1. The van der Waals surface area contributed by atoms with Gasteiger partial charge in [-0.2, -0.15) is 0 Å². The third-order valence-corrected chi connectivity index (χ3v) is 1.50. The number of aliphatic hydroxyl groups is 1. The number of carbonyl (C=O) groups is 1. The van der Waals surface area contributed by atoms with Crippen molar-refractivity contribution in [2.24, 2.45) is 4.99 Å². The van der Waals surface area contributed by atoms with Gasteiger partial charge < -0.3 is 20.6 Å². The van der Waals surface area contributed by atoms with Crippen LogP contribution in [-0.4, -0.2) is 29.6 Å². The van der Waals surface area contributed by atoms with Crippen molar-refractivity contribution in [1.82, 2.24) is 5.32 Å². The van der Waals surface area contributed by atoms with Crippen LogP contribution in [0, 0.1) is 5.41 Å². The van der Waals surface area contributed by atoms with Crippen LogP contribution in [0.4, 0.5) is 0 Å². The smallest absolute Gasteiger partial charge is 0.357 e. The van der Waals surface area contributed by atoms with E-state index in [2.05, 4.69) is 10.3 Å². The molecule has 0 radical (unpaired) electrons. The lowest BCUT2D eigenvalue weighted by Crippen LogP contribution is -2.25. The van der Waals surface area contributed by atoms with Crippen LogP contribution in [0.2, 0.25) is 0 Å². The highest BCUT2D eigenvalue weighted by molar-refractivity contribution is 6.41. The molecule has 6 heteroatoms. The van der Waals surface area contributed by atoms with Crippen molar-refractivity contribution in [2.45, 2.75) is 6.92 Å². The Morgan fingerprint density at radius 3 is 3.13 bits per heavy atom. The highest BCUT2D eigenvalue weighted by Gasteiger charge is 2.16. The average molecular weight is 209 g/mol. The molecule has 0 unspecified atom stereocenters. The molecular formula is C9H11N3O3. The fraction of sp³-hybridized carbons (Fsp3) is 0.222. The number of esters is 1. The summed E-state index contributed by atoms with van der Waals surface area (Å²) in [5.74, 6) is -0.601. The Morgan fingerprint density at radius 1 is 1.80 bits per heavy atom. The van der Waals surface area contributed by atoms with E-state index in [1.165, 1.54) is 12.2 Å². The molecule has 80 valence electrons. The number of hydrogen-bond donors (Lipinski definition) is 3. The number of aliphatic imine (C=N–C) groups is 1. The van der Waals surface area contributed by atoms with Crippen LogP contribution in [0.3, 0.4) is 0 Å². The van der Waals surface area contributed by atoms with Gasteiger partial charge in [0.25, 0.3) is 0 Å². The predicted molar refractivity (Wildman–Crippen MR) is 54.8 cm³/mol. The highest BCUT2D eigenvalue weighted by Crippen LogP contribution is 2.05. The molecule has 1 heterocycles. The molecule has 0 amide bonds. The summed E-state index contributed by atoms with van der Waals surface area (Å²) in [5.41, 5.74) is 0.00111. The second-order valence-electron chi connectivity index (χ2n) is 2.59. The van der Waals surface area contributed by atoms with Crippen molar-refractivity contribution < 1.29 is 14.6 Å².